The summed E-state index contributed by atoms with van der Waals surface area (Å²) in [4.78, 5) is 27.3. The second kappa shape index (κ2) is 5.09. The Kier molecular flexibility index (Phi) is 3.12. The highest BCUT2D eigenvalue weighted by atomic mass is 16.2. The summed E-state index contributed by atoms with van der Waals surface area (Å²) in [5.41, 5.74) is 2.51. The number of carbonyl (C=O) groups is 2. The first-order valence-corrected chi connectivity index (χ1v) is 6.30. The van der Waals surface area contributed by atoms with Crippen LogP contribution in [0.2, 0.25) is 0 Å². The van der Waals surface area contributed by atoms with E-state index in [0.717, 1.165) is 16.7 Å². The van der Waals surface area contributed by atoms with Gasteiger partial charge in [-0.05, 0) is 17.7 Å². The molecule has 104 valence electrons. The van der Waals surface area contributed by atoms with Gasteiger partial charge in [0, 0.05) is 29.7 Å². The van der Waals surface area contributed by atoms with Crippen LogP contribution in [0.25, 0.3) is 11.1 Å². The van der Waals surface area contributed by atoms with Gasteiger partial charge in [-0.1, -0.05) is 0 Å². The van der Waals surface area contributed by atoms with Crippen LogP contribution in [-0.2, 0) is 11.2 Å². The normalized spacial score (nSPS) is 12.4. The van der Waals surface area contributed by atoms with E-state index in [1.54, 1.807) is 24.7 Å². The lowest BCUT2D eigenvalue weighted by atomic mass is 10.0. The Morgan fingerprint density at radius 1 is 1.52 bits per heavy atom. The summed E-state index contributed by atoms with van der Waals surface area (Å²) in [5.74, 6) is 0.482. The molecule has 0 atom stereocenters. The number of carbonyl (C=O) groups excluding carboxylic acids is 2. The Hall–Kier alpha value is -3.14. The molecule has 0 bridgehead atoms. The first-order chi connectivity index (χ1) is 10.2. The van der Waals surface area contributed by atoms with Gasteiger partial charge < -0.3 is 10.6 Å². The van der Waals surface area contributed by atoms with Crippen LogP contribution in [0, 0.1) is 11.3 Å². The number of nitriles is 1. The van der Waals surface area contributed by atoms with Crippen molar-refractivity contribution in [1.82, 2.24) is 14.9 Å². The van der Waals surface area contributed by atoms with Crippen molar-refractivity contribution in [2.24, 2.45) is 0 Å². The second-order valence-electron chi connectivity index (χ2n) is 4.53. The number of hydrogen-bond acceptors (Lipinski definition) is 4. The van der Waals surface area contributed by atoms with E-state index >= 15 is 0 Å². The lowest BCUT2D eigenvalue weighted by molar-refractivity contribution is -0.115. The fraction of sp³-hybridized carbons (Fsp3) is 0.143. The summed E-state index contributed by atoms with van der Waals surface area (Å²) in [7, 11) is 0. The van der Waals surface area contributed by atoms with Gasteiger partial charge >= 0.3 is 6.03 Å². The van der Waals surface area contributed by atoms with E-state index in [-0.39, 0.29) is 24.9 Å². The number of fused-ring (bicyclic) bond motifs is 1. The van der Waals surface area contributed by atoms with Crippen LogP contribution in [0.15, 0.2) is 30.7 Å². The summed E-state index contributed by atoms with van der Waals surface area (Å²) < 4.78 is 1.36. The van der Waals surface area contributed by atoms with Gasteiger partial charge in [0.15, 0.2) is 0 Å². The minimum absolute atomic E-state index is 0.0462. The maximum atomic E-state index is 11.8. The molecule has 2 aromatic rings. The average molecular weight is 281 g/mol. The van der Waals surface area contributed by atoms with Crippen molar-refractivity contribution in [3.63, 3.8) is 0 Å². The molecule has 0 aliphatic carbocycles. The van der Waals surface area contributed by atoms with Crippen LogP contribution in [0.1, 0.15) is 5.56 Å². The number of nitrogens with one attached hydrogen (secondary N) is 2. The number of pyridine rings is 1. The first kappa shape index (κ1) is 12.9. The van der Waals surface area contributed by atoms with E-state index in [2.05, 4.69) is 15.6 Å². The minimum Gasteiger partial charge on any atom is -0.324 e. The number of nitrogens with zero attached hydrogens (tertiary/aromatic N) is 3. The molecule has 0 unspecified atom stereocenters. The fourth-order valence-corrected chi connectivity index (χ4v) is 2.27. The minimum atomic E-state index is -0.372. The highest BCUT2D eigenvalue weighted by Gasteiger charge is 2.22. The molecule has 0 saturated carbocycles. The van der Waals surface area contributed by atoms with Crippen LogP contribution < -0.4 is 10.6 Å². The summed E-state index contributed by atoms with van der Waals surface area (Å²) >= 11 is 0. The predicted molar refractivity (Wildman–Crippen MR) is 74.4 cm³/mol. The molecule has 2 amide bonds. The smallest absolute Gasteiger partial charge is 0.324 e. The lowest BCUT2D eigenvalue weighted by Crippen LogP contribution is -2.27. The van der Waals surface area contributed by atoms with Crippen LogP contribution in [0.4, 0.5) is 10.6 Å². The van der Waals surface area contributed by atoms with Gasteiger partial charge in [0.2, 0.25) is 5.91 Å². The highest BCUT2D eigenvalue weighted by molar-refractivity contribution is 6.00. The van der Waals surface area contributed by atoms with Crippen LogP contribution in [0.3, 0.4) is 0 Å². The van der Waals surface area contributed by atoms with E-state index in [4.69, 9.17) is 5.26 Å². The Labute approximate surface area is 120 Å². The zero-order valence-electron chi connectivity index (χ0n) is 11.0. The van der Waals surface area contributed by atoms with Crippen LogP contribution in [0.5, 0.6) is 0 Å². The predicted octanol–water partition coefficient (Wildman–Crippen LogP) is 1.13. The fourth-order valence-electron chi connectivity index (χ4n) is 2.27. The SMILES string of the molecule is N#CCNC(=O)n1ccc(-c2ccnc3c2CC(=O)N3)c1. The van der Waals surface area contributed by atoms with Crippen molar-refractivity contribution >= 4 is 17.8 Å². The molecule has 0 spiro atoms. The van der Waals surface area contributed by atoms with Crippen molar-refractivity contribution in [3.8, 4) is 17.2 Å². The largest absolute Gasteiger partial charge is 0.326 e. The summed E-state index contributed by atoms with van der Waals surface area (Å²) in [6, 6.07) is 5.07. The third-order valence-electron chi connectivity index (χ3n) is 3.21. The average Bonchev–Trinajstić information content (AvgIpc) is 3.09. The molecule has 7 nitrogen and oxygen atoms in total. The Morgan fingerprint density at radius 2 is 2.38 bits per heavy atom. The van der Waals surface area contributed by atoms with Crippen molar-refractivity contribution in [3.05, 3.63) is 36.3 Å². The molecule has 2 aromatic heterocycles. The molecular weight excluding hydrogens is 270 g/mol. The quantitative estimate of drug-likeness (QED) is 0.806. The molecule has 3 rings (SSSR count). The van der Waals surface area contributed by atoms with Crippen molar-refractivity contribution in [2.75, 3.05) is 11.9 Å². The third kappa shape index (κ3) is 2.34. The van der Waals surface area contributed by atoms with Crippen LogP contribution >= 0.6 is 0 Å². The molecule has 3 heterocycles. The number of hydrogen-bond donors (Lipinski definition) is 2. The molecule has 0 saturated heterocycles. The standard InChI is InChI=1S/C14H11N5O2/c15-3-5-17-14(21)19-6-2-9(8-19)10-1-4-16-13-11(10)7-12(20)18-13/h1-2,4,6,8H,5,7H2,(H,17,21)(H,16,18,20). The molecule has 1 aliphatic heterocycles. The van der Waals surface area contributed by atoms with Gasteiger partial charge in [0.05, 0.1) is 12.5 Å². The molecular formula is C14H11N5O2. The zero-order chi connectivity index (χ0) is 14.8. The Morgan fingerprint density at radius 3 is 3.19 bits per heavy atom. The number of amides is 2. The molecule has 0 aromatic carbocycles. The maximum Gasteiger partial charge on any atom is 0.326 e. The monoisotopic (exact) mass is 281 g/mol. The van der Waals surface area contributed by atoms with E-state index < -0.39 is 0 Å². The number of anilines is 1. The zero-order valence-corrected chi connectivity index (χ0v) is 11.0. The topological polar surface area (TPSA) is 99.8 Å². The van der Waals surface area contributed by atoms with Gasteiger partial charge in [-0.3, -0.25) is 9.36 Å². The Bertz CT molecular complexity index is 772. The van der Waals surface area contributed by atoms with E-state index in [0.29, 0.717) is 5.82 Å². The molecule has 2 N–H and O–H groups in total. The third-order valence-corrected chi connectivity index (χ3v) is 3.21. The Balaban J connectivity index is 1.92. The molecule has 1 aliphatic rings. The van der Waals surface area contributed by atoms with Crippen molar-refractivity contribution < 1.29 is 9.59 Å². The lowest BCUT2D eigenvalue weighted by Gasteiger charge is -2.04. The van der Waals surface area contributed by atoms with Gasteiger partial charge in [0.1, 0.15) is 12.4 Å². The van der Waals surface area contributed by atoms with Gasteiger partial charge in [-0.25, -0.2) is 9.78 Å². The second-order valence-corrected chi connectivity index (χ2v) is 4.53. The number of rotatable bonds is 2. The summed E-state index contributed by atoms with van der Waals surface area (Å²) in [5, 5.41) is 13.6. The van der Waals surface area contributed by atoms with E-state index in [1.807, 2.05) is 12.1 Å². The van der Waals surface area contributed by atoms with E-state index in [9.17, 15) is 9.59 Å². The number of aromatic nitrogens is 2. The van der Waals surface area contributed by atoms with Gasteiger partial charge in [0.25, 0.3) is 0 Å². The molecule has 21 heavy (non-hydrogen) atoms. The molecule has 0 fully saturated rings. The highest BCUT2D eigenvalue weighted by Crippen LogP contribution is 2.31. The molecule has 7 heteroatoms. The van der Waals surface area contributed by atoms with Crippen LogP contribution in [-0.4, -0.2) is 28.0 Å². The van der Waals surface area contributed by atoms with E-state index in [1.165, 1.54) is 4.57 Å². The summed E-state index contributed by atoms with van der Waals surface area (Å²) in [6.45, 7) is -0.0462. The maximum absolute atomic E-state index is 11.8. The van der Waals surface area contributed by atoms with Crippen molar-refractivity contribution in [2.45, 2.75) is 6.42 Å². The molecule has 0 radical (unpaired) electrons. The first-order valence-electron chi connectivity index (χ1n) is 6.30. The summed E-state index contributed by atoms with van der Waals surface area (Å²) in [6.07, 6.45) is 5.17. The van der Waals surface area contributed by atoms with Gasteiger partial charge in [-0.2, -0.15) is 5.26 Å². The van der Waals surface area contributed by atoms with Gasteiger partial charge in [-0.15, -0.1) is 0 Å². The van der Waals surface area contributed by atoms with Crippen molar-refractivity contribution in [1.29, 1.82) is 5.26 Å².